The van der Waals surface area contributed by atoms with Crippen LogP contribution in [0, 0.1) is 0 Å². The lowest BCUT2D eigenvalue weighted by molar-refractivity contribution is 0.0978. The van der Waals surface area contributed by atoms with Gasteiger partial charge in [0, 0.05) is 12.5 Å². The van der Waals surface area contributed by atoms with Gasteiger partial charge in [0.05, 0.1) is 19.8 Å². The van der Waals surface area contributed by atoms with Crippen LogP contribution in [0.1, 0.15) is 30.1 Å². The molecule has 1 N–H and O–H groups in total. The standard InChI is InChI=1S/C12H16O4/c1-4-5-9(13)8-6-12(16-3)10(14)7-11(8)15-2/h6-7,14H,4-5H2,1-3H3. The monoisotopic (exact) mass is 224 g/mol. The average molecular weight is 224 g/mol. The maximum atomic E-state index is 11.8. The molecule has 0 saturated carbocycles. The summed E-state index contributed by atoms with van der Waals surface area (Å²) < 4.78 is 10.0. The number of phenolic OH excluding ortho intramolecular Hbond substituents is 1. The van der Waals surface area contributed by atoms with Gasteiger partial charge in [0.25, 0.3) is 0 Å². The van der Waals surface area contributed by atoms with Crippen LogP contribution in [0.15, 0.2) is 12.1 Å². The molecular weight excluding hydrogens is 208 g/mol. The number of ketones is 1. The molecule has 0 amide bonds. The summed E-state index contributed by atoms with van der Waals surface area (Å²) in [5.41, 5.74) is 0.444. The third kappa shape index (κ3) is 2.45. The molecule has 1 rings (SSSR count). The van der Waals surface area contributed by atoms with E-state index >= 15 is 0 Å². The fourth-order valence-electron chi connectivity index (χ4n) is 1.46. The highest BCUT2D eigenvalue weighted by Gasteiger charge is 2.15. The highest BCUT2D eigenvalue weighted by atomic mass is 16.5. The van der Waals surface area contributed by atoms with E-state index in [4.69, 9.17) is 9.47 Å². The molecule has 1 aromatic rings. The van der Waals surface area contributed by atoms with Gasteiger partial charge in [0.1, 0.15) is 5.75 Å². The summed E-state index contributed by atoms with van der Waals surface area (Å²) >= 11 is 0. The zero-order valence-electron chi connectivity index (χ0n) is 9.74. The van der Waals surface area contributed by atoms with E-state index in [1.54, 1.807) is 0 Å². The topological polar surface area (TPSA) is 55.8 Å². The van der Waals surface area contributed by atoms with Crippen molar-refractivity contribution in [3.8, 4) is 17.2 Å². The van der Waals surface area contributed by atoms with Crippen molar-refractivity contribution in [2.24, 2.45) is 0 Å². The van der Waals surface area contributed by atoms with Crippen molar-refractivity contribution in [1.29, 1.82) is 0 Å². The molecule has 0 aliphatic heterocycles. The van der Waals surface area contributed by atoms with Crippen molar-refractivity contribution in [2.45, 2.75) is 19.8 Å². The molecule has 0 unspecified atom stereocenters. The third-order valence-electron chi connectivity index (χ3n) is 2.28. The van der Waals surface area contributed by atoms with Crippen LogP contribution in [0.2, 0.25) is 0 Å². The molecule has 0 saturated heterocycles. The maximum Gasteiger partial charge on any atom is 0.166 e. The van der Waals surface area contributed by atoms with Crippen molar-refractivity contribution in [2.75, 3.05) is 14.2 Å². The lowest BCUT2D eigenvalue weighted by Gasteiger charge is -2.10. The first-order valence-corrected chi connectivity index (χ1v) is 5.12. The summed E-state index contributed by atoms with van der Waals surface area (Å²) in [5.74, 6) is 0.599. The van der Waals surface area contributed by atoms with Gasteiger partial charge in [0.2, 0.25) is 0 Å². The molecule has 16 heavy (non-hydrogen) atoms. The second-order valence-corrected chi connectivity index (χ2v) is 3.40. The number of ether oxygens (including phenoxy) is 2. The van der Waals surface area contributed by atoms with Crippen LogP contribution in [-0.4, -0.2) is 25.1 Å². The van der Waals surface area contributed by atoms with E-state index in [1.165, 1.54) is 26.4 Å². The quantitative estimate of drug-likeness (QED) is 0.780. The SMILES string of the molecule is CCCC(=O)c1cc(OC)c(O)cc1OC. The van der Waals surface area contributed by atoms with Gasteiger partial charge in [-0.3, -0.25) is 4.79 Å². The zero-order chi connectivity index (χ0) is 12.1. The van der Waals surface area contributed by atoms with Gasteiger partial charge < -0.3 is 14.6 Å². The number of rotatable bonds is 5. The second-order valence-electron chi connectivity index (χ2n) is 3.40. The minimum Gasteiger partial charge on any atom is -0.504 e. The van der Waals surface area contributed by atoms with Crippen LogP contribution < -0.4 is 9.47 Å². The fraction of sp³-hybridized carbons (Fsp3) is 0.417. The molecular formula is C12H16O4. The van der Waals surface area contributed by atoms with E-state index in [9.17, 15) is 9.90 Å². The number of hydrogen-bond acceptors (Lipinski definition) is 4. The number of benzene rings is 1. The van der Waals surface area contributed by atoms with Gasteiger partial charge >= 0.3 is 0 Å². The molecule has 4 heteroatoms. The summed E-state index contributed by atoms with van der Waals surface area (Å²) in [4.78, 5) is 11.8. The number of aromatic hydroxyl groups is 1. The average Bonchev–Trinajstić information content (AvgIpc) is 2.28. The molecule has 0 aliphatic rings. The summed E-state index contributed by atoms with van der Waals surface area (Å²) in [6.45, 7) is 1.93. The van der Waals surface area contributed by atoms with Gasteiger partial charge in [-0.2, -0.15) is 0 Å². The highest BCUT2D eigenvalue weighted by Crippen LogP contribution is 2.34. The predicted molar refractivity (Wildman–Crippen MR) is 60.4 cm³/mol. The molecule has 0 radical (unpaired) electrons. The van der Waals surface area contributed by atoms with E-state index in [0.29, 0.717) is 17.7 Å². The maximum absolute atomic E-state index is 11.8. The molecule has 0 spiro atoms. The summed E-state index contributed by atoms with van der Waals surface area (Å²) in [6.07, 6.45) is 1.22. The first-order chi connectivity index (χ1) is 7.63. The second kappa shape index (κ2) is 5.39. The van der Waals surface area contributed by atoms with E-state index in [1.807, 2.05) is 6.92 Å². The van der Waals surface area contributed by atoms with Crippen molar-refractivity contribution < 1.29 is 19.4 Å². The van der Waals surface area contributed by atoms with Gasteiger partial charge in [-0.25, -0.2) is 0 Å². The van der Waals surface area contributed by atoms with Crippen LogP contribution in [-0.2, 0) is 0 Å². The van der Waals surface area contributed by atoms with Crippen molar-refractivity contribution >= 4 is 5.78 Å². The van der Waals surface area contributed by atoms with Crippen LogP contribution >= 0.6 is 0 Å². The molecule has 0 aromatic heterocycles. The van der Waals surface area contributed by atoms with E-state index in [2.05, 4.69) is 0 Å². The normalized spacial score (nSPS) is 9.94. The third-order valence-corrected chi connectivity index (χ3v) is 2.28. The summed E-state index contributed by atoms with van der Waals surface area (Å²) in [6, 6.07) is 2.90. The molecule has 1 aromatic carbocycles. The summed E-state index contributed by atoms with van der Waals surface area (Å²) in [7, 11) is 2.90. The zero-order valence-corrected chi connectivity index (χ0v) is 9.74. The number of carbonyl (C=O) groups is 1. The minimum atomic E-state index is -0.0348. The number of Topliss-reactive ketones (excluding diaryl/α,β-unsaturated/α-hetero) is 1. The Labute approximate surface area is 94.8 Å². The molecule has 0 atom stereocenters. The number of phenols is 1. The molecule has 0 fully saturated rings. The number of hydrogen-bond donors (Lipinski definition) is 1. The van der Waals surface area contributed by atoms with Crippen LogP contribution in [0.4, 0.5) is 0 Å². The van der Waals surface area contributed by atoms with Gasteiger partial charge in [0.15, 0.2) is 17.3 Å². The van der Waals surface area contributed by atoms with Crippen molar-refractivity contribution in [1.82, 2.24) is 0 Å². The smallest absolute Gasteiger partial charge is 0.166 e. The first-order valence-electron chi connectivity index (χ1n) is 5.12. The lowest BCUT2D eigenvalue weighted by Crippen LogP contribution is -2.02. The fourth-order valence-corrected chi connectivity index (χ4v) is 1.46. The van der Waals surface area contributed by atoms with Crippen LogP contribution in [0.3, 0.4) is 0 Å². The Balaban J connectivity index is 3.19. The van der Waals surface area contributed by atoms with E-state index in [-0.39, 0.29) is 17.3 Å². The Bertz CT molecular complexity index is 385. The molecule has 4 nitrogen and oxygen atoms in total. The Hall–Kier alpha value is -1.71. The Morgan fingerprint density at radius 2 is 1.88 bits per heavy atom. The molecule has 0 heterocycles. The molecule has 0 bridgehead atoms. The van der Waals surface area contributed by atoms with Gasteiger partial charge in [-0.15, -0.1) is 0 Å². The molecule has 88 valence electrons. The Morgan fingerprint density at radius 1 is 1.25 bits per heavy atom. The van der Waals surface area contributed by atoms with Gasteiger partial charge in [-0.1, -0.05) is 6.92 Å². The summed E-state index contributed by atoms with van der Waals surface area (Å²) in [5, 5.41) is 9.54. The van der Waals surface area contributed by atoms with E-state index in [0.717, 1.165) is 6.42 Å². The largest absolute Gasteiger partial charge is 0.504 e. The molecule has 0 aliphatic carbocycles. The Kier molecular flexibility index (Phi) is 4.17. The van der Waals surface area contributed by atoms with Gasteiger partial charge in [-0.05, 0) is 12.5 Å². The number of methoxy groups -OCH3 is 2. The van der Waals surface area contributed by atoms with Crippen LogP contribution in [0.5, 0.6) is 17.2 Å². The lowest BCUT2D eigenvalue weighted by atomic mass is 10.1. The van der Waals surface area contributed by atoms with E-state index < -0.39 is 0 Å². The highest BCUT2D eigenvalue weighted by molar-refractivity contribution is 5.99. The van der Waals surface area contributed by atoms with Crippen LogP contribution in [0.25, 0.3) is 0 Å². The minimum absolute atomic E-state index is 0.0161. The van der Waals surface area contributed by atoms with Crippen molar-refractivity contribution in [3.63, 3.8) is 0 Å². The Morgan fingerprint density at radius 3 is 2.38 bits per heavy atom. The first kappa shape index (κ1) is 12.4. The number of carbonyl (C=O) groups excluding carboxylic acids is 1. The van der Waals surface area contributed by atoms with Crippen molar-refractivity contribution in [3.05, 3.63) is 17.7 Å². The predicted octanol–water partition coefficient (Wildman–Crippen LogP) is 2.39.